The summed E-state index contributed by atoms with van der Waals surface area (Å²) in [4.78, 5) is 12.9. The molecule has 0 unspecified atom stereocenters. The Morgan fingerprint density at radius 1 is 0.878 bits per heavy atom. The number of nitrogens with one attached hydrogen (secondary N) is 1. The van der Waals surface area contributed by atoms with Crippen molar-refractivity contribution in [3.8, 4) is 17.2 Å². The van der Waals surface area contributed by atoms with Crippen LogP contribution in [-0.4, -0.2) is 40.8 Å². The number of hydrazone groups is 1. The molecule has 1 amide bonds. The molecular weight excluding hydrogens is 542 g/mol. The summed E-state index contributed by atoms with van der Waals surface area (Å²) in [6.45, 7) is 2.23. The van der Waals surface area contributed by atoms with Gasteiger partial charge in [0.05, 0.1) is 30.5 Å². The van der Waals surface area contributed by atoms with Crippen molar-refractivity contribution in [2.24, 2.45) is 5.10 Å². The Bertz CT molecular complexity index is 1560. The maximum Gasteiger partial charge on any atom is 0.264 e. The largest absolute Gasteiger partial charge is 0.497 e. The first-order chi connectivity index (χ1) is 19.9. The van der Waals surface area contributed by atoms with Gasteiger partial charge >= 0.3 is 0 Å². The Balaban J connectivity index is 1.45. The Labute approximate surface area is 240 Å². The summed E-state index contributed by atoms with van der Waals surface area (Å²) in [6.07, 6.45) is 1.45. The van der Waals surface area contributed by atoms with Crippen molar-refractivity contribution in [1.82, 2.24) is 5.43 Å². The standard InChI is InChI=1S/C31H31N3O6S/c1-3-39-30-20-25(14-19-29(30)40-23-24-10-6-4-7-11-24)21-32-33-31(35)22-34(26-12-8-5-9-13-26)41(36,37)28-17-15-27(38-2)16-18-28/h4-21H,3,22-23H2,1-2H3,(H,33,35)/b32-21-. The van der Waals surface area contributed by atoms with Crippen molar-refractivity contribution in [3.05, 3.63) is 114 Å². The average Bonchev–Trinajstić information content (AvgIpc) is 3.00. The van der Waals surface area contributed by atoms with Gasteiger partial charge in [-0.25, -0.2) is 13.8 Å². The van der Waals surface area contributed by atoms with E-state index in [1.165, 1.54) is 25.5 Å². The lowest BCUT2D eigenvalue weighted by Gasteiger charge is -2.23. The zero-order valence-corrected chi connectivity index (χ0v) is 23.6. The molecule has 4 rings (SSSR count). The van der Waals surface area contributed by atoms with Crippen molar-refractivity contribution < 1.29 is 27.4 Å². The number of sulfonamides is 1. The molecule has 0 fully saturated rings. The summed E-state index contributed by atoms with van der Waals surface area (Å²) < 4.78 is 44.8. The van der Waals surface area contributed by atoms with Gasteiger partial charge in [-0.05, 0) is 72.6 Å². The number of hydrogen-bond donors (Lipinski definition) is 1. The molecule has 0 heterocycles. The first-order valence-corrected chi connectivity index (χ1v) is 14.3. The maximum atomic E-state index is 13.5. The molecule has 10 heteroatoms. The van der Waals surface area contributed by atoms with Gasteiger partial charge < -0.3 is 14.2 Å². The van der Waals surface area contributed by atoms with Crippen LogP contribution in [0.4, 0.5) is 5.69 Å². The van der Waals surface area contributed by atoms with Gasteiger partial charge in [-0.1, -0.05) is 48.5 Å². The van der Waals surface area contributed by atoms with Gasteiger partial charge in [-0.2, -0.15) is 5.10 Å². The molecule has 0 bridgehead atoms. The SMILES string of the molecule is CCOc1cc(/C=N\NC(=O)CN(c2ccccc2)S(=O)(=O)c2ccc(OC)cc2)ccc1OCc1ccccc1. The van der Waals surface area contributed by atoms with Crippen LogP contribution in [0.25, 0.3) is 0 Å². The number of nitrogens with zero attached hydrogens (tertiary/aromatic N) is 2. The molecule has 0 aliphatic rings. The summed E-state index contributed by atoms with van der Waals surface area (Å²) in [5.41, 5.74) is 4.45. The summed E-state index contributed by atoms with van der Waals surface area (Å²) in [5.74, 6) is 1.03. The monoisotopic (exact) mass is 573 g/mol. The number of ether oxygens (including phenoxy) is 3. The number of anilines is 1. The minimum atomic E-state index is -4.06. The predicted octanol–water partition coefficient (Wildman–Crippen LogP) is 5.02. The zero-order chi connectivity index (χ0) is 29.1. The van der Waals surface area contributed by atoms with Gasteiger partial charge in [0.15, 0.2) is 11.5 Å². The maximum absolute atomic E-state index is 13.5. The van der Waals surface area contributed by atoms with Crippen LogP contribution in [0.1, 0.15) is 18.1 Å². The fourth-order valence-electron chi connectivity index (χ4n) is 3.86. The van der Waals surface area contributed by atoms with Gasteiger partial charge in [-0.3, -0.25) is 9.10 Å². The van der Waals surface area contributed by atoms with Gasteiger partial charge in [0, 0.05) is 0 Å². The van der Waals surface area contributed by atoms with Crippen LogP contribution < -0.4 is 23.9 Å². The second kappa shape index (κ2) is 14.0. The molecule has 4 aromatic carbocycles. The highest BCUT2D eigenvalue weighted by atomic mass is 32.2. The topological polar surface area (TPSA) is 107 Å². The molecule has 0 atom stereocenters. The van der Waals surface area contributed by atoms with Crippen LogP contribution in [0.5, 0.6) is 17.2 Å². The van der Waals surface area contributed by atoms with Crippen LogP contribution in [0, 0.1) is 0 Å². The van der Waals surface area contributed by atoms with Crippen molar-refractivity contribution >= 4 is 27.8 Å². The molecule has 1 N–H and O–H groups in total. The first kappa shape index (κ1) is 29.2. The molecule has 0 aliphatic carbocycles. The van der Waals surface area contributed by atoms with Gasteiger partial charge in [0.25, 0.3) is 15.9 Å². The van der Waals surface area contributed by atoms with Crippen molar-refractivity contribution in [3.63, 3.8) is 0 Å². The molecule has 4 aromatic rings. The number of carbonyl (C=O) groups excluding carboxylic acids is 1. The van der Waals surface area contributed by atoms with E-state index < -0.39 is 22.5 Å². The van der Waals surface area contributed by atoms with E-state index >= 15 is 0 Å². The molecule has 9 nitrogen and oxygen atoms in total. The number of amides is 1. The normalized spacial score (nSPS) is 11.2. The Morgan fingerprint density at radius 3 is 2.22 bits per heavy atom. The third-order valence-corrected chi connectivity index (χ3v) is 7.67. The Hall–Kier alpha value is -4.83. The molecule has 0 aromatic heterocycles. The van der Waals surface area contributed by atoms with Crippen LogP contribution in [-0.2, 0) is 21.4 Å². The highest BCUT2D eigenvalue weighted by Crippen LogP contribution is 2.29. The third-order valence-electron chi connectivity index (χ3n) is 5.89. The highest BCUT2D eigenvalue weighted by molar-refractivity contribution is 7.92. The molecule has 212 valence electrons. The number of para-hydroxylation sites is 1. The molecule has 0 saturated carbocycles. The van der Waals surface area contributed by atoms with Crippen LogP contribution in [0.2, 0.25) is 0 Å². The van der Waals surface area contributed by atoms with Gasteiger partial charge in [-0.15, -0.1) is 0 Å². The van der Waals surface area contributed by atoms with Crippen LogP contribution >= 0.6 is 0 Å². The Kier molecular flexibility index (Phi) is 9.95. The predicted molar refractivity (Wildman–Crippen MR) is 158 cm³/mol. The van der Waals surface area contributed by atoms with E-state index in [-0.39, 0.29) is 4.90 Å². The van der Waals surface area contributed by atoms with Gasteiger partial charge in [0.1, 0.15) is 18.9 Å². The van der Waals surface area contributed by atoms with Gasteiger partial charge in [0.2, 0.25) is 0 Å². The summed E-state index contributed by atoms with van der Waals surface area (Å²) >= 11 is 0. The minimum absolute atomic E-state index is 0.0245. The third kappa shape index (κ3) is 7.86. The van der Waals surface area contributed by atoms with E-state index in [1.807, 2.05) is 37.3 Å². The highest BCUT2D eigenvalue weighted by Gasteiger charge is 2.27. The van der Waals surface area contributed by atoms with E-state index in [0.717, 1.165) is 9.87 Å². The zero-order valence-electron chi connectivity index (χ0n) is 22.8. The molecule has 0 spiro atoms. The van der Waals surface area contributed by atoms with Crippen molar-refractivity contribution in [1.29, 1.82) is 0 Å². The lowest BCUT2D eigenvalue weighted by atomic mass is 10.2. The summed E-state index contributed by atoms with van der Waals surface area (Å²) in [5, 5.41) is 4.03. The van der Waals surface area contributed by atoms with E-state index in [4.69, 9.17) is 14.2 Å². The van der Waals surface area contributed by atoms with Crippen molar-refractivity contribution in [2.45, 2.75) is 18.4 Å². The van der Waals surface area contributed by atoms with E-state index in [9.17, 15) is 13.2 Å². The van der Waals surface area contributed by atoms with Crippen LogP contribution in [0.3, 0.4) is 0 Å². The van der Waals surface area contributed by atoms with E-state index in [0.29, 0.717) is 41.7 Å². The lowest BCUT2D eigenvalue weighted by molar-refractivity contribution is -0.119. The number of methoxy groups -OCH3 is 1. The fraction of sp³-hybridized carbons (Fsp3) is 0.161. The molecule has 0 saturated heterocycles. The number of hydrogen-bond acceptors (Lipinski definition) is 7. The number of benzene rings is 4. The minimum Gasteiger partial charge on any atom is -0.497 e. The first-order valence-electron chi connectivity index (χ1n) is 12.9. The quantitative estimate of drug-likeness (QED) is 0.178. The lowest BCUT2D eigenvalue weighted by Crippen LogP contribution is -2.39. The smallest absolute Gasteiger partial charge is 0.264 e. The number of rotatable bonds is 13. The summed E-state index contributed by atoms with van der Waals surface area (Å²) in [7, 11) is -2.56. The Morgan fingerprint density at radius 2 is 1.56 bits per heavy atom. The number of carbonyl (C=O) groups is 1. The molecule has 0 aliphatic heterocycles. The average molecular weight is 574 g/mol. The second-order valence-corrected chi connectivity index (χ2v) is 10.6. The summed E-state index contributed by atoms with van der Waals surface area (Å²) in [6, 6.07) is 29.5. The molecule has 41 heavy (non-hydrogen) atoms. The van der Waals surface area contributed by atoms with Crippen molar-refractivity contribution in [2.75, 3.05) is 24.6 Å². The van der Waals surface area contributed by atoms with Crippen LogP contribution in [0.15, 0.2) is 113 Å². The second-order valence-electron chi connectivity index (χ2n) is 8.73. The van der Waals surface area contributed by atoms with E-state index in [1.54, 1.807) is 60.7 Å². The fourth-order valence-corrected chi connectivity index (χ4v) is 5.28. The van der Waals surface area contributed by atoms with E-state index in [2.05, 4.69) is 10.5 Å². The molecular formula is C31H31N3O6S. The molecule has 0 radical (unpaired) electrons.